The zero-order valence-corrected chi connectivity index (χ0v) is 14.2. The van der Waals surface area contributed by atoms with E-state index >= 15 is 0 Å². The quantitative estimate of drug-likeness (QED) is 0.599. The lowest BCUT2D eigenvalue weighted by atomic mass is 10.0. The van der Waals surface area contributed by atoms with Crippen molar-refractivity contribution in [1.29, 1.82) is 0 Å². The maximum absolute atomic E-state index is 5.91. The molecule has 20 heavy (non-hydrogen) atoms. The van der Waals surface area contributed by atoms with E-state index in [0.717, 1.165) is 23.0 Å². The number of hydrogen-bond acceptors (Lipinski definition) is 3. The molecule has 0 amide bonds. The summed E-state index contributed by atoms with van der Waals surface area (Å²) in [6.45, 7) is 11.3. The van der Waals surface area contributed by atoms with Crippen LogP contribution in [0.3, 0.4) is 0 Å². The van der Waals surface area contributed by atoms with Crippen molar-refractivity contribution in [2.45, 2.75) is 66.5 Å². The van der Waals surface area contributed by atoms with Crippen LogP contribution in [0.5, 0.6) is 0 Å². The number of nitrogens with zero attached hydrogens (tertiary/aromatic N) is 2. The largest absolute Gasteiger partial charge is 0.370 e. The fourth-order valence-electron chi connectivity index (χ4n) is 1.96. The number of hydrogen-bond donors (Lipinski definition) is 2. The number of guanidine groups is 1. The first-order valence-electron chi connectivity index (χ1n) is 7.37. The Morgan fingerprint density at radius 3 is 2.55 bits per heavy atom. The van der Waals surface area contributed by atoms with Crippen LogP contribution in [0.2, 0.25) is 0 Å². The van der Waals surface area contributed by atoms with Crippen molar-refractivity contribution >= 4 is 17.3 Å². The van der Waals surface area contributed by atoms with Gasteiger partial charge in [0.2, 0.25) is 0 Å². The summed E-state index contributed by atoms with van der Waals surface area (Å²) in [6, 6.07) is 0.372. The molecule has 1 aromatic heterocycles. The second-order valence-corrected chi connectivity index (χ2v) is 7.11. The topological polar surface area (TPSA) is 63.3 Å². The van der Waals surface area contributed by atoms with Crippen LogP contribution in [-0.2, 0) is 6.54 Å². The molecule has 0 aliphatic rings. The van der Waals surface area contributed by atoms with E-state index in [1.54, 1.807) is 11.3 Å². The van der Waals surface area contributed by atoms with Crippen LogP contribution in [0, 0.1) is 19.8 Å². The van der Waals surface area contributed by atoms with Gasteiger partial charge in [-0.1, -0.05) is 26.7 Å². The summed E-state index contributed by atoms with van der Waals surface area (Å²) in [5, 5.41) is 4.28. The molecule has 5 heteroatoms. The van der Waals surface area contributed by atoms with E-state index in [2.05, 4.69) is 43.0 Å². The van der Waals surface area contributed by atoms with Crippen LogP contribution >= 0.6 is 11.3 Å². The molecule has 1 aromatic rings. The lowest BCUT2D eigenvalue weighted by molar-refractivity contribution is 0.493. The van der Waals surface area contributed by atoms with E-state index in [4.69, 9.17) is 5.73 Å². The van der Waals surface area contributed by atoms with Gasteiger partial charge in [-0.2, -0.15) is 0 Å². The molecule has 1 heterocycles. The van der Waals surface area contributed by atoms with Crippen molar-refractivity contribution in [3.8, 4) is 0 Å². The Balaban J connectivity index is 2.33. The summed E-state index contributed by atoms with van der Waals surface area (Å²) in [4.78, 5) is 10.1. The summed E-state index contributed by atoms with van der Waals surface area (Å²) in [5.41, 5.74) is 7.01. The monoisotopic (exact) mass is 296 g/mol. The molecule has 0 saturated heterocycles. The Morgan fingerprint density at radius 2 is 2.00 bits per heavy atom. The molecule has 114 valence electrons. The number of rotatable bonds is 7. The Hall–Kier alpha value is -1.10. The molecule has 4 nitrogen and oxygen atoms in total. The smallest absolute Gasteiger partial charge is 0.189 e. The summed E-state index contributed by atoms with van der Waals surface area (Å²) in [7, 11) is 0. The van der Waals surface area contributed by atoms with Crippen LogP contribution in [0.1, 0.15) is 55.6 Å². The predicted octanol–water partition coefficient (Wildman–Crippen LogP) is 3.38. The minimum Gasteiger partial charge on any atom is -0.370 e. The SMILES string of the molecule is Cc1nc(CN=C(N)NC(C)CCCC(C)C)sc1C. The molecular weight excluding hydrogens is 268 g/mol. The van der Waals surface area contributed by atoms with Gasteiger partial charge in [-0.15, -0.1) is 11.3 Å². The van der Waals surface area contributed by atoms with Gasteiger partial charge >= 0.3 is 0 Å². The molecule has 1 rings (SSSR count). The van der Waals surface area contributed by atoms with Gasteiger partial charge in [-0.05, 0) is 33.1 Å². The van der Waals surface area contributed by atoms with Crippen molar-refractivity contribution in [1.82, 2.24) is 10.3 Å². The standard InChI is InChI=1S/C15H28N4S/c1-10(2)7-6-8-11(3)18-15(16)17-9-14-19-12(4)13(5)20-14/h10-11H,6-9H2,1-5H3,(H3,16,17,18). The third kappa shape index (κ3) is 6.37. The molecule has 0 aromatic carbocycles. The second-order valence-electron chi connectivity index (χ2n) is 5.82. The number of nitrogens with two attached hydrogens (primary N) is 1. The minimum absolute atomic E-state index is 0.372. The van der Waals surface area contributed by atoms with Crippen molar-refractivity contribution in [3.05, 3.63) is 15.6 Å². The fraction of sp³-hybridized carbons (Fsp3) is 0.733. The Bertz CT molecular complexity index is 418. The van der Waals surface area contributed by atoms with E-state index in [0.29, 0.717) is 18.5 Å². The minimum atomic E-state index is 0.372. The number of aromatic nitrogens is 1. The molecule has 3 N–H and O–H groups in total. The van der Waals surface area contributed by atoms with Gasteiger partial charge < -0.3 is 11.1 Å². The Morgan fingerprint density at radius 1 is 1.30 bits per heavy atom. The highest BCUT2D eigenvalue weighted by Gasteiger charge is 2.05. The average Bonchev–Trinajstić information content (AvgIpc) is 2.66. The van der Waals surface area contributed by atoms with E-state index in [9.17, 15) is 0 Å². The molecule has 0 bridgehead atoms. The highest BCUT2D eigenvalue weighted by molar-refractivity contribution is 7.11. The maximum atomic E-state index is 5.91. The third-order valence-electron chi connectivity index (χ3n) is 3.27. The molecule has 0 aliphatic heterocycles. The van der Waals surface area contributed by atoms with Gasteiger partial charge in [0.15, 0.2) is 5.96 Å². The average molecular weight is 296 g/mol. The van der Waals surface area contributed by atoms with Gasteiger partial charge in [0.1, 0.15) is 5.01 Å². The number of nitrogens with one attached hydrogen (secondary N) is 1. The first-order valence-corrected chi connectivity index (χ1v) is 8.19. The molecular formula is C15H28N4S. The first kappa shape index (κ1) is 17.0. The third-order valence-corrected chi connectivity index (χ3v) is 4.33. The summed E-state index contributed by atoms with van der Waals surface area (Å²) < 4.78 is 0. The predicted molar refractivity (Wildman–Crippen MR) is 88.2 cm³/mol. The maximum Gasteiger partial charge on any atom is 0.189 e. The van der Waals surface area contributed by atoms with Crippen molar-refractivity contribution in [2.75, 3.05) is 0 Å². The Labute approximate surface area is 126 Å². The van der Waals surface area contributed by atoms with Gasteiger partial charge in [0, 0.05) is 10.9 Å². The number of thiazole rings is 1. The van der Waals surface area contributed by atoms with Crippen LogP contribution in [0.15, 0.2) is 4.99 Å². The molecule has 1 atom stereocenters. The van der Waals surface area contributed by atoms with Crippen LogP contribution < -0.4 is 11.1 Å². The zero-order chi connectivity index (χ0) is 15.1. The highest BCUT2D eigenvalue weighted by Crippen LogP contribution is 2.16. The highest BCUT2D eigenvalue weighted by atomic mass is 32.1. The number of aliphatic imine (C=N–C) groups is 1. The summed E-state index contributed by atoms with van der Waals surface area (Å²) >= 11 is 1.69. The molecule has 0 saturated carbocycles. The lowest BCUT2D eigenvalue weighted by Crippen LogP contribution is -2.38. The summed E-state index contributed by atoms with van der Waals surface area (Å²) in [6.07, 6.45) is 3.62. The van der Waals surface area contributed by atoms with Crippen molar-refractivity contribution in [2.24, 2.45) is 16.6 Å². The van der Waals surface area contributed by atoms with Crippen molar-refractivity contribution in [3.63, 3.8) is 0 Å². The van der Waals surface area contributed by atoms with Gasteiger partial charge in [0.05, 0.1) is 12.2 Å². The second kappa shape index (κ2) is 8.25. The Kier molecular flexibility index (Phi) is 6.99. The van der Waals surface area contributed by atoms with Crippen LogP contribution in [0.4, 0.5) is 0 Å². The van der Waals surface area contributed by atoms with Gasteiger partial charge in [-0.25, -0.2) is 9.98 Å². The van der Waals surface area contributed by atoms with E-state index in [1.165, 1.54) is 17.7 Å². The van der Waals surface area contributed by atoms with E-state index < -0.39 is 0 Å². The molecule has 0 aliphatic carbocycles. The molecule has 1 unspecified atom stereocenters. The van der Waals surface area contributed by atoms with E-state index in [1.807, 2.05) is 6.92 Å². The lowest BCUT2D eigenvalue weighted by Gasteiger charge is -2.14. The molecule has 0 spiro atoms. The van der Waals surface area contributed by atoms with Crippen LogP contribution in [-0.4, -0.2) is 17.0 Å². The molecule has 0 radical (unpaired) electrons. The van der Waals surface area contributed by atoms with Gasteiger partial charge in [-0.3, -0.25) is 0 Å². The normalized spacial score (nSPS) is 13.8. The summed E-state index contributed by atoms with van der Waals surface area (Å²) in [5.74, 6) is 1.29. The van der Waals surface area contributed by atoms with Crippen LogP contribution in [0.25, 0.3) is 0 Å². The zero-order valence-electron chi connectivity index (χ0n) is 13.4. The fourth-order valence-corrected chi connectivity index (χ4v) is 2.82. The van der Waals surface area contributed by atoms with E-state index in [-0.39, 0.29) is 0 Å². The van der Waals surface area contributed by atoms with Crippen molar-refractivity contribution < 1.29 is 0 Å². The molecule has 0 fully saturated rings. The first-order chi connectivity index (χ1) is 9.38. The number of aryl methyl sites for hydroxylation is 2. The van der Waals surface area contributed by atoms with Gasteiger partial charge in [0.25, 0.3) is 0 Å².